The number of hydrogen-bond acceptors (Lipinski definition) is 5. The van der Waals surface area contributed by atoms with E-state index in [-0.39, 0.29) is 15.5 Å². The maximum Gasteiger partial charge on any atom is 0.339 e. The lowest BCUT2D eigenvalue weighted by atomic mass is 10.1. The molecule has 124 valence electrons. The van der Waals surface area contributed by atoms with Crippen LogP contribution in [0.3, 0.4) is 0 Å². The Kier molecular flexibility index (Phi) is 4.04. The lowest BCUT2D eigenvalue weighted by molar-refractivity contribution is 0.486. The number of fused-ring (bicyclic) bond motifs is 1. The van der Waals surface area contributed by atoms with E-state index in [4.69, 9.17) is 9.32 Å². The van der Waals surface area contributed by atoms with E-state index < -0.39 is 20.1 Å². The van der Waals surface area contributed by atoms with Crippen molar-refractivity contribution in [1.82, 2.24) is 0 Å². The smallest absolute Gasteiger partial charge is 0.339 e. The molecular weight excluding hydrogens is 350 g/mol. The van der Waals surface area contributed by atoms with Crippen molar-refractivity contribution in [3.8, 4) is 5.75 Å². The molecule has 0 radical (unpaired) electrons. The Bertz CT molecular complexity index is 1110. The first-order valence-corrected chi connectivity index (χ1v) is 9.77. The second-order valence-electron chi connectivity index (χ2n) is 5.07. The summed E-state index contributed by atoms with van der Waals surface area (Å²) >= 11 is 0. The number of nitrogens with two attached hydrogens (primary N) is 1. The van der Waals surface area contributed by atoms with Crippen molar-refractivity contribution in [2.45, 2.75) is 9.79 Å². The Morgan fingerprint density at radius 1 is 0.708 bits per heavy atom. The molecule has 0 aliphatic rings. The van der Waals surface area contributed by atoms with Gasteiger partial charge in [0.2, 0.25) is 10.0 Å². The standard InChI is InChI=1S/C16H13NO5S2/c17-23(18,19)16-9-7-12-10-14(8-6-13(12)11-16)22-24(20,21)15-4-2-1-3-5-15/h1-11H,(H2,17,18,19). The van der Waals surface area contributed by atoms with Crippen molar-refractivity contribution in [2.24, 2.45) is 5.14 Å². The van der Waals surface area contributed by atoms with E-state index in [1.807, 2.05) is 0 Å². The number of benzene rings is 3. The molecule has 6 nitrogen and oxygen atoms in total. The van der Waals surface area contributed by atoms with E-state index >= 15 is 0 Å². The van der Waals surface area contributed by atoms with E-state index in [9.17, 15) is 16.8 Å². The van der Waals surface area contributed by atoms with Crippen LogP contribution in [0.1, 0.15) is 0 Å². The second kappa shape index (κ2) is 5.90. The summed E-state index contributed by atoms with van der Waals surface area (Å²) in [4.78, 5) is 0.0373. The number of sulfonamides is 1. The SMILES string of the molecule is NS(=O)(=O)c1ccc2cc(OS(=O)(=O)c3ccccc3)ccc2c1. The van der Waals surface area contributed by atoms with Gasteiger partial charge in [0.15, 0.2) is 0 Å². The molecule has 0 amide bonds. The summed E-state index contributed by atoms with van der Waals surface area (Å²) in [5.74, 6) is 0.134. The molecule has 0 heterocycles. The molecule has 0 saturated carbocycles. The predicted molar refractivity (Wildman–Crippen MR) is 89.6 cm³/mol. The summed E-state index contributed by atoms with van der Waals surface area (Å²) in [6, 6.07) is 16.6. The zero-order chi connectivity index (χ0) is 17.4. The van der Waals surface area contributed by atoms with Crippen LogP contribution in [0.4, 0.5) is 0 Å². The van der Waals surface area contributed by atoms with Crippen molar-refractivity contribution < 1.29 is 21.0 Å². The van der Waals surface area contributed by atoms with Gasteiger partial charge in [-0.3, -0.25) is 0 Å². The molecule has 0 unspecified atom stereocenters. The molecule has 0 fully saturated rings. The van der Waals surface area contributed by atoms with Crippen molar-refractivity contribution in [3.63, 3.8) is 0 Å². The van der Waals surface area contributed by atoms with Gasteiger partial charge in [-0.2, -0.15) is 8.42 Å². The lowest BCUT2D eigenvalue weighted by Crippen LogP contribution is -2.11. The van der Waals surface area contributed by atoms with Crippen LogP contribution in [0.2, 0.25) is 0 Å². The first kappa shape index (κ1) is 16.4. The maximum atomic E-state index is 12.2. The topological polar surface area (TPSA) is 104 Å². The summed E-state index contributed by atoms with van der Waals surface area (Å²) in [5.41, 5.74) is 0. The van der Waals surface area contributed by atoms with Crippen LogP contribution in [-0.4, -0.2) is 16.8 Å². The number of primary sulfonamides is 1. The minimum atomic E-state index is -3.93. The largest absolute Gasteiger partial charge is 0.379 e. The van der Waals surface area contributed by atoms with Gasteiger partial charge in [0.05, 0.1) is 4.90 Å². The molecule has 0 aliphatic carbocycles. The van der Waals surface area contributed by atoms with Gasteiger partial charge in [0.1, 0.15) is 10.6 Å². The third-order valence-corrected chi connectivity index (χ3v) is 5.52. The minimum Gasteiger partial charge on any atom is -0.379 e. The molecule has 3 aromatic rings. The predicted octanol–water partition coefficient (Wildman–Crippen LogP) is 2.25. The fourth-order valence-corrected chi connectivity index (χ4v) is 3.69. The normalized spacial score (nSPS) is 12.2. The molecular formula is C16H13NO5S2. The van der Waals surface area contributed by atoms with Crippen LogP contribution in [0.25, 0.3) is 10.8 Å². The van der Waals surface area contributed by atoms with Gasteiger partial charge in [-0.15, -0.1) is 0 Å². The molecule has 0 saturated heterocycles. The molecule has 0 spiro atoms. The van der Waals surface area contributed by atoms with Crippen LogP contribution in [0, 0.1) is 0 Å². The fourth-order valence-electron chi connectivity index (χ4n) is 2.19. The average Bonchev–Trinajstić information content (AvgIpc) is 2.54. The average molecular weight is 363 g/mol. The van der Waals surface area contributed by atoms with Crippen molar-refractivity contribution in [2.75, 3.05) is 0 Å². The first-order chi connectivity index (χ1) is 11.3. The van der Waals surface area contributed by atoms with E-state index in [0.29, 0.717) is 10.8 Å². The van der Waals surface area contributed by atoms with Gasteiger partial charge in [-0.05, 0) is 47.2 Å². The second-order valence-corrected chi connectivity index (χ2v) is 8.17. The third-order valence-electron chi connectivity index (χ3n) is 3.35. The Morgan fingerprint density at radius 3 is 2.00 bits per heavy atom. The van der Waals surface area contributed by atoms with Gasteiger partial charge in [0.25, 0.3) is 0 Å². The first-order valence-electron chi connectivity index (χ1n) is 6.82. The zero-order valence-electron chi connectivity index (χ0n) is 12.3. The van der Waals surface area contributed by atoms with Gasteiger partial charge in [0, 0.05) is 0 Å². The van der Waals surface area contributed by atoms with Crippen LogP contribution >= 0.6 is 0 Å². The van der Waals surface area contributed by atoms with E-state index in [0.717, 1.165) is 0 Å². The molecule has 8 heteroatoms. The van der Waals surface area contributed by atoms with Crippen molar-refractivity contribution >= 4 is 30.9 Å². The highest BCUT2D eigenvalue weighted by Gasteiger charge is 2.16. The summed E-state index contributed by atoms with van der Waals surface area (Å²) in [6.45, 7) is 0. The van der Waals surface area contributed by atoms with Crippen LogP contribution in [0.5, 0.6) is 5.75 Å². The van der Waals surface area contributed by atoms with E-state index in [1.54, 1.807) is 24.3 Å². The van der Waals surface area contributed by atoms with E-state index in [2.05, 4.69) is 0 Å². The lowest BCUT2D eigenvalue weighted by Gasteiger charge is -2.08. The van der Waals surface area contributed by atoms with Crippen molar-refractivity contribution in [3.05, 3.63) is 66.7 Å². The van der Waals surface area contributed by atoms with Crippen molar-refractivity contribution in [1.29, 1.82) is 0 Å². The molecule has 24 heavy (non-hydrogen) atoms. The highest BCUT2D eigenvalue weighted by Crippen LogP contribution is 2.25. The Balaban J connectivity index is 1.97. The Hall–Kier alpha value is -2.42. The fraction of sp³-hybridized carbons (Fsp3) is 0. The number of hydrogen-bond donors (Lipinski definition) is 1. The number of rotatable bonds is 4. The summed E-state index contributed by atoms with van der Waals surface area (Å²) < 4.78 is 52.3. The highest BCUT2D eigenvalue weighted by molar-refractivity contribution is 7.89. The Labute approximate surface area is 139 Å². The monoisotopic (exact) mass is 363 g/mol. The Morgan fingerprint density at radius 2 is 1.33 bits per heavy atom. The molecule has 0 aliphatic heterocycles. The van der Waals surface area contributed by atoms with Gasteiger partial charge in [-0.25, -0.2) is 13.6 Å². The van der Waals surface area contributed by atoms with Gasteiger partial charge < -0.3 is 4.18 Å². The van der Waals surface area contributed by atoms with Gasteiger partial charge in [-0.1, -0.05) is 30.3 Å². The van der Waals surface area contributed by atoms with Crippen LogP contribution < -0.4 is 9.32 Å². The highest BCUT2D eigenvalue weighted by atomic mass is 32.2. The molecule has 0 atom stereocenters. The maximum absolute atomic E-state index is 12.2. The van der Waals surface area contributed by atoms with Crippen LogP contribution in [-0.2, 0) is 20.1 Å². The molecule has 3 rings (SSSR count). The van der Waals surface area contributed by atoms with Gasteiger partial charge >= 0.3 is 10.1 Å². The summed E-state index contributed by atoms with van der Waals surface area (Å²) in [6.07, 6.45) is 0. The summed E-state index contributed by atoms with van der Waals surface area (Å²) in [5, 5.41) is 6.32. The van der Waals surface area contributed by atoms with Crippen LogP contribution in [0.15, 0.2) is 76.5 Å². The summed E-state index contributed by atoms with van der Waals surface area (Å²) in [7, 11) is -7.73. The molecule has 0 aromatic heterocycles. The molecule has 2 N–H and O–H groups in total. The zero-order valence-corrected chi connectivity index (χ0v) is 13.9. The molecule has 3 aromatic carbocycles. The minimum absolute atomic E-state index is 0.0134. The van der Waals surface area contributed by atoms with E-state index in [1.165, 1.54) is 42.5 Å². The third kappa shape index (κ3) is 3.40. The quantitative estimate of drug-likeness (QED) is 0.716. The molecule has 0 bridgehead atoms.